The van der Waals surface area contributed by atoms with Crippen molar-refractivity contribution < 1.29 is 27.4 Å². The van der Waals surface area contributed by atoms with Gasteiger partial charge >= 0.3 is 0 Å². The minimum atomic E-state index is -3.29. The number of methoxy groups -OCH3 is 1. The van der Waals surface area contributed by atoms with Gasteiger partial charge in [-0.15, -0.1) is 0 Å². The van der Waals surface area contributed by atoms with Crippen molar-refractivity contribution in [2.24, 2.45) is 5.92 Å². The van der Waals surface area contributed by atoms with E-state index in [-0.39, 0.29) is 17.6 Å². The Morgan fingerprint density at radius 1 is 1.17 bits per heavy atom. The van der Waals surface area contributed by atoms with Crippen LogP contribution in [0.1, 0.15) is 50.2 Å². The van der Waals surface area contributed by atoms with Gasteiger partial charge in [0.25, 0.3) is 5.92 Å². The third-order valence-electron chi connectivity index (χ3n) is 6.36. The molecule has 4 rings (SSSR count). The zero-order chi connectivity index (χ0) is 25.3. The summed E-state index contributed by atoms with van der Waals surface area (Å²) in [5, 5.41) is 3.83. The van der Waals surface area contributed by atoms with Gasteiger partial charge in [-0.25, -0.2) is 23.1 Å². The van der Waals surface area contributed by atoms with Gasteiger partial charge < -0.3 is 19.5 Å². The highest BCUT2D eigenvalue weighted by molar-refractivity contribution is 5.92. The molecule has 1 fully saturated rings. The molecule has 35 heavy (non-hydrogen) atoms. The predicted molar refractivity (Wildman–Crippen MR) is 128 cm³/mol. The third-order valence-corrected chi connectivity index (χ3v) is 6.36. The van der Waals surface area contributed by atoms with Gasteiger partial charge in [-0.3, -0.25) is 0 Å². The number of nitrogens with zero attached hydrogens (tertiary/aromatic N) is 2. The molecular formula is C26H30F3N3O3. The molecule has 188 valence electrons. The lowest BCUT2D eigenvalue weighted by Crippen LogP contribution is -2.24. The maximum Gasteiger partial charge on any atom is 0.273 e. The number of benzene rings is 2. The summed E-state index contributed by atoms with van der Waals surface area (Å²) in [4.78, 5) is 9.02. The van der Waals surface area contributed by atoms with Gasteiger partial charge in [0.05, 0.1) is 30.8 Å². The summed E-state index contributed by atoms with van der Waals surface area (Å²) in [6.07, 6.45) is 0.823. The van der Waals surface area contributed by atoms with Crippen LogP contribution in [-0.2, 0) is 10.7 Å². The summed E-state index contributed by atoms with van der Waals surface area (Å²) in [5.41, 5.74) is 0.0912. The fourth-order valence-electron chi connectivity index (χ4n) is 4.34. The van der Waals surface area contributed by atoms with Crippen molar-refractivity contribution in [2.45, 2.75) is 52.2 Å². The molecule has 1 aliphatic rings. The standard InChI is InChI=1S/C26H30F3N3O3/c1-14(18-7-6-8-20(24(18)27)26(4,28)29)30-25-19-11-23(35-15(2)17-9-10-34-13-17)22(33-5)12-21(19)31-16(3)32-25/h6-8,11-12,14-15,17H,9-10,13H2,1-5H3,(H,30,31,32)/t14-,15?,17+/m1/s1. The minimum absolute atomic E-state index is 0.0990. The number of rotatable bonds is 8. The molecule has 0 bridgehead atoms. The lowest BCUT2D eigenvalue weighted by molar-refractivity contribution is 0.0136. The van der Waals surface area contributed by atoms with Gasteiger partial charge in [0.15, 0.2) is 11.5 Å². The lowest BCUT2D eigenvalue weighted by atomic mass is 10.0. The summed E-state index contributed by atoms with van der Waals surface area (Å²) in [6.45, 7) is 7.48. The van der Waals surface area contributed by atoms with Crippen LogP contribution in [0.2, 0.25) is 0 Å². The van der Waals surface area contributed by atoms with E-state index in [9.17, 15) is 13.2 Å². The molecule has 1 unspecified atom stereocenters. The van der Waals surface area contributed by atoms with Crippen LogP contribution in [0.5, 0.6) is 11.5 Å². The Balaban J connectivity index is 1.71. The second kappa shape index (κ2) is 9.89. The molecule has 2 heterocycles. The number of aryl methyl sites for hydroxylation is 1. The molecule has 0 radical (unpaired) electrons. The summed E-state index contributed by atoms with van der Waals surface area (Å²) in [7, 11) is 1.56. The summed E-state index contributed by atoms with van der Waals surface area (Å²) < 4.78 is 60.0. The van der Waals surface area contributed by atoms with Crippen molar-refractivity contribution in [1.29, 1.82) is 0 Å². The Kier molecular flexibility index (Phi) is 7.07. The van der Waals surface area contributed by atoms with E-state index in [1.807, 2.05) is 6.92 Å². The number of alkyl halides is 2. The number of nitrogens with one attached hydrogen (secondary N) is 1. The minimum Gasteiger partial charge on any atom is -0.493 e. The van der Waals surface area contributed by atoms with Crippen LogP contribution in [0, 0.1) is 18.7 Å². The molecule has 6 nitrogen and oxygen atoms in total. The Labute approximate surface area is 202 Å². The normalized spacial score (nSPS) is 17.9. The van der Waals surface area contributed by atoms with Crippen LogP contribution in [0.4, 0.5) is 19.0 Å². The Morgan fingerprint density at radius 3 is 2.60 bits per heavy atom. The smallest absolute Gasteiger partial charge is 0.273 e. The number of ether oxygens (including phenoxy) is 3. The van der Waals surface area contributed by atoms with E-state index in [4.69, 9.17) is 14.2 Å². The van der Waals surface area contributed by atoms with Gasteiger partial charge in [-0.1, -0.05) is 18.2 Å². The van der Waals surface area contributed by atoms with Crippen molar-refractivity contribution in [3.8, 4) is 11.5 Å². The first kappa shape index (κ1) is 25.0. The first-order chi connectivity index (χ1) is 16.6. The molecule has 1 N–H and O–H groups in total. The molecule has 1 saturated heterocycles. The Bertz CT molecular complexity index is 1210. The molecule has 0 spiro atoms. The maximum atomic E-state index is 15.0. The summed E-state index contributed by atoms with van der Waals surface area (Å²) in [5.74, 6) is -1.96. The van der Waals surface area contributed by atoms with Crippen LogP contribution in [0.3, 0.4) is 0 Å². The SMILES string of the molecule is COc1cc2nc(C)nc(N[C@H](C)c3cccc(C(C)(F)F)c3F)c2cc1OC(C)[C@H]1CCOC1. The van der Waals surface area contributed by atoms with Crippen LogP contribution in [0.25, 0.3) is 10.9 Å². The second-order valence-electron chi connectivity index (χ2n) is 9.05. The van der Waals surface area contributed by atoms with E-state index < -0.39 is 23.3 Å². The molecule has 0 saturated carbocycles. The number of hydrogen-bond acceptors (Lipinski definition) is 6. The fourth-order valence-corrected chi connectivity index (χ4v) is 4.34. The van der Waals surface area contributed by atoms with Crippen molar-refractivity contribution in [1.82, 2.24) is 9.97 Å². The zero-order valence-electron chi connectivity index (χ0n) is 20.5. The van der Waals surface area contributed by atoms with E-state index in [1.54, 1.807) is 33.1 Å². The van der Waals surface area contributed by atoms with E-state index in [2.05, 4.69) is 15.3 Å². The topological polar surface area (TPSA) is 65.5 Å². The van der Waals surface area contributed by atoms with Crippen molar-refractivity contribution >= 4 is 16.7 Å². The molecule has 3 aromatic rings. The molecular weight excluding hydrogens is 459 g/mol. The molecule has 1 aliphatic heterocycles. The predicted octanol–water partition coefficient (Wildman–Crippen LogP) is 6.17. The maximum absolute atomic E-state index is 15.0. The largest absolute Gasteiger partial charge is 0.493 e. The number of hydrogen-bond donors (Lipinski definition) is 1. The first-order valence-electron chi connectivity index (χ1n) is 11.6. The summed E-state index contributed by atoms with van der Waals surface area (Å²) >= 11 is 0. The monoisotopic (exact) mass is 489 g/mol. The quantitative estimate of drug-likeness (QED) is 0.408. The Hall–Kier alpha value is -3.07. The lowest BCUT2D eigenvalue weighted by Gasteiger charge is -2.23. The highest BCUT2D eigenvalue weighted by Gasteiger charge is 2.30. The van der Waals surface area contributed by atoms with Crippen molar-refractivity contribution in [3.63, 3.8) is 0 Å². The van der Waals surface area contributed by atoms with E-state index in [0.717, 1.165) is 12.5 Å². The summed E-state index contributed by atoms with van der Waals surface area (Å²) in [6, 6.07) is 6.94. The number of fused-ring (bicyclic) bond motifs is 1. The molecule has 3 atom stereocenters. The van der Waals surface area contributed by atoms with Gasteiger partial charge in [-0.05, 0) is 33.3 Å². The third kappa shape index (κ3) is 5.29. The average molecular weight is 490 g/mol. The van der Waals surface area contributed by atoms with Gasteiger partial charge in [0.2, 0.25) is 0 Å². The second-order valence-corrected chi connectivity index (χ2v) is 9.05. The highest BCUT2D eigenvalue weighted by Crippen LogP contribution is 2.38. The van der Waals surface area contributed by atoms with Crippen LogP contribution >= 0.6 is 0 Å². The van der Waals surface area contributed by atoms with Crippen LogP contribution < -0.4 is 14.8 Å². The van der Waals surface area contributed by atoms with E-state index in [0.29, 0.717) is 54.2 Å². The molecule has 9 heteroatoms. The van der Waals surface area contributed by atoms with Crippen LogP contribution in [-0.4, -0.2) is 36.4 Å². The van der Waals surface area contributed by atoms with Gasteiger partial charge in [0.1, 0.15) is 23.6 Å². The van der Waals surface area contributed by atoms with E-state index >= 15 is 0 Å². The Morgan fingerprint density at radius 2 is 1.94 bits per heavy atom. The number of halogens is 3. The van der Waals surface area contributed by atoms with Gasteiger partial charge in [0, 0.05) is 36.5 Å². The van der Waals surface area contributed by atoms with Crippen molar-refractivity contribution in [3.05, 3.63) is 53.1 Å². The van der Waals surface area contributed by atoms with Crippen molar-refractivity contribution in [2.75, 3.05) is 25.6 Å². The first-order valence-corrected chi connectivity index (χ1v) is 11.6. The zero-order valence-corrected chi connectivity index (χ0v) is 20.5. The number of aromatic nitrogens is 2. The average Bonchev–Trinajstić information content (AvgIpc) is 3.33. The molecule has 0 amide bonds. The van der Waals surface area contributed by atoms with E-state index in [1.165, 1.54) is 12.1 Å². The molecule has 0 aliphatic carbocycles. The molecule has 2 aromatic carbocycles. The fraction of sp³-hybridized carbons (Fsp3) is 0.462. The van der Waals surface area contributed by atoms with Crippen LogP contribution in [0.15, 0.2) is 30.3 Å². The highest BCUT2D eigenvalue weighted by atomic mass is 19.3. The molecule has 1 aromatic heterocycles. The van der Waals surface area contributed by atoms with Gasteiger partial charge in [-0.2, -0.15) is 0 Å². The number of anilines is 1.